The van der Waals surface area contributed by atoms with Gasteiger partial charge in [-0.2, -0.15) is 13.2 Å². The third kappa shape index (κ3) is 3.35. The summed E-state index contributed by atoms with van der Waals surface area (Å²) >= 11 is -0.429. The summed E-state index contributed by atoms with van der Waals surface area (Å²) in [7, 11) is 0. The van der Waals surface area contributed by atoms with E-state index in [9.17, 15) is 18.0 Å². The monoisotopic (exact) mass is 237 g/mol. The SMILES string of the molecule is Nc1ccc(C(=O)O)cc1SC(F)(F)F. The lowest BCUT2D eigenvalue weighted by Crippen LogP contribution is -2.03. The maximum absolute atomic E-state index is 12.0. The molecule has 0 spiro atoms. The van der Waals surface area contributed by atoms with Gasteiger partial charge in [0.05, 0.1) is 5.56 Å². The van der Waals surface area contributed by atoms with E-state index in [0.717, 1.165) is 18.2 Å². The molecule has 0 bridgehead atoms. The summed E-state index contributed by atoms with van der Waals surface area (Å²) in [4.78, 5) is 10.2. The number of carboxylic acids is 1. The topological polar surface area (TPSA) is 63.3 Å². The predicted octanol–water partition coefficient (Wildman–Crippen LogP) is 2.58. The molecule has 15 heavy (non-hydrogen) atoms. The minimum atomic E-state index is -4.48. The Labute approximate surface area is 87.1 Å². The van der Waals surface area contributed by atoms with Crippen molar-refractivity contribution in [2.45, 2.75) is 10.4 Å². The van der Waals surface area contributed by atoms with Gasteiger partial charge in [0.15, 0.2) is 0 Å². The number of benzene rings is 1. The van der Waals surface area contributed by atoms with Gasteiger partial charge in [0.1, 0.15) is 0 Å². The number of alkyl halides is 3. The Morgan fingerprint density at radius 2 is 2.00 bits per heavy atom. The van der Waals surface area contributed by atoms with E-state index in [4.69, 9.17) is 10.8 Å². The largest absolute Gasteiger partial charge is 0.478 e. The molecular weight excluding hydrogens is 231 g/mol. The summed E-state index contributed by atoms with van der Waals surface area (Å²) in [5.74, 6) is -1.29. The van der Waals surface area contributed by atoms with E-state index >= 15 is 0 Å². The van der Waals surface area contributed by atoms with Crippen LogP contribution in [0.5, 0.6) is 0 Å². The third-order valence-corrected chi connectivity index (χ3v) is 2.29. The fraction of sp³-hybridized carbons (Fsp3) is 0.125. The zero-order chi connectivity index (χ0) is 11.6. The van der Waals surface area contributed by atoms with Crippen LogP contribution in [-0.2, 0) is 0 Å². The van der Waals surface area contributed by atoms with E-state index in [1.807, 2.05) is 0 Å². The molecule has 0 fully saturated rings. The van der Waals surface area contributed by atoms with Gasteiger partial charge in [-0.1, -0.05) is 0 Å². The van der Waals surface area contributed by atoms with Crippen molar-refractivity contribution in [2.24, 2.45) is 0 Å². The highest BCUT2D eigenvalue weighted by Crippen LogP contribution is 2.39. The molecule has 0 atom stereocenters. The van der Waals surface area contributed by atoms with Crippen molar-refractivity contribution in [3.05, 3.63) is 23.8 Å². The molecule has 82 valence electrons. The zero-order valence-corrected chi connectivity index (χ0v) is 8.02. The first-order chi connectivity index (χ1) is 6.79. The normalized spacial score (nSPS) is 11.4. The highest BCUT2D eigenvalue weighted by atomic mass is 32.2. The first kappa shape index (κ1) is 11.7. The van der Waals surface area contributed by atoms with Crippen LogP contribution >= 0.6 is 11.8 Å². The van der Waals surface area contributed by atoms with Gasteiger partial charge in [0, 0.05) is 10.6 Å². The lowest BCUT2D eigenvalue weighted by molar-refractivity contribution is -0.0328. The molecule has 1 aromatic rings. The van der Waals surface area contributed by atoms with Crippen molar-refractivity contribution in [2.75, 3.05) is 5.73 Å². The average molecular weight is 237 g/mol. The Hall–Kier alpha value is -1.37. The quantitative estimate of drug-likeness (QED) is 0.613. The fourth-order valence-corrected chi connectivity index (χ4v) is 1.50. The number of rotatable bonds is 2. The smallest absolute Gasteiger partial charge is 0.446 e. The van der Waals surface area contributed by atoms with Crippen molar-refractivity contribution in [1.29, 1.82) is 0 Å². The standard InChI is InChI=1S/C8H6F3NO2S/c9-8(10,11)15-6-3-4(7(13)14)1-2-5(6)12/h1-3H,12H2,(H,13,14). The van der Waals surface area contributed by atoms with Crippen molar-refractivity contribution >= 4 is 23.4 Å². The predicted molar refractivity (Wildman–Crippen MR) is 49.7 cm³/mol. The van der Waals surface area contributed by atoms with Crippen molar-refractivity contribution in [1.82, 2.24) is 0 Å². The molecular formula is C8H6F3NO2S. The molecule has 0 radical (unpaired) electrons. The van der Waals surface area contributed by atoms with E-state index in [2.05, 4.69) is 0 Å². The summed E-state index contributed by atoms with van der Waals surface area (Å²) < 4.78 is 36.0. The van der Waals surface area contributed by atoms with Crippen LogP contribution in [-0.4, -0.2) is 16.6 Å². The van der Waals surface area contributed by atoms with Gasteiger partial charge in [0.2, 0.25) is 0 Å². The number of nitrogen functional groups attached to an aromatic ring is 1. The van der Waals surface area contributed by atoms with Crippen LogP contribution < -0.4 is 5.73 Å². The minimum absolute atomic E-state index is 0.0951. The Balaban J connectivity index is 3.06. The molecule has 0 amide bonds. The van der Waals surface area contributed by atoms with Crippen LogP contribution in [0.4, 0.5) is 18.9 Å². The number of halogens is 3. The van der Waals surface area contributed by atoms with Crippen molar-refractivity contribution < 1.29 is 23.1 Å². The number of aromatic carboxylic acids is 1. The van der Waals surface area contributed by atoms with Gasteiger partial charge in [-0.25, -0.2) is 4.79 Å². The van der Waals surface area contributed by atoms with Gasteiger partial charge in [-0.3, -0.25) is 0 Å². The van der Waals surface area contributed by atoms with Gasteiger partial charge >= 0.3 is 11.5 Å². The molecule has 0 saturated carbocycles. The number of thioether (sulfide) groups is 1. The van der Waals surface area contributed by atoms with E-state index in [1.54, 1.807) is 0 Å². The molecule has 0 aromatic heterocycles. The lowest BCUT2D eigenvalue weighted by Gasteiger charge is -2.08. The van der Waals surface area contributed by atoms with Crippen LogP contribution in [0.15, 0.2) is 23.1 Å². The summed E-state index contributed by atoms with van der Waals surface area (Å²) in [6, 6.07) is 3.19. The number of carboxylic acid groups (broad SMARTS) is 1. The second-order valence-corrected chi connectivity index (χ2v) is 3.71. The van der Waals surface area contributed by atoms with Crippen molar-refractivity contribution in [3.63, 3.8) is 0 Å². The molecule has 7 heteroatoms. The average Bonchev–Trinajstić information content (AvgIpc) is 2.06. The van der Waals surface area contributed by atoms with Crippen LogP contribution in [0.25, 0.3) is 0 Å². The molecule has 0 saturated heterocycles. The highest BCUT2D eigenvalue weighted by molar-refractivity contribution is 8.00. The molecule has 0 aliphatic carbocycles. The maximum Gasteiger partial charge on any atom is 0.446 e. The summed E-state index contributed by atoms with van der Waals surface area (Å²) in [5.41, 5.74) is 0.481. The van der Waals surface area contributed by atoms with Crippen LogP contribution in [0.1, 0.15) is 10.4 Å². The fourth-order valence-electron chi connectivity index (χ4n) is 0.880. The molecule has 1 aromatic carbocycles. The van der Waals surface area contributed by atoms with Crippen LogP contribution in [0.2, 0.25) is 0 Å². The Kier molecular flexibility index (Phi) is 3.13. The molecule has 0 aliphatic heterocycles. The second kappa shape index (κ2) is 4.01. The molecule has 0 aliphatic rings. The number of hydrogen-bond donors (Lipinski definition) is 2. The Morgan fingerprint density at radius 1 is 1.40 bits per heavy atom. The van der Waals surface area contributed by atoms with Crippen LogP contribution in [0, 0.1) is 0 Å². The molecule has 3 nitrogen and oxygen atoms in total. The van der Waals surface area contributed by atoms with E-state index < -0.39 is 23.2 Å². The minimum Gasteiger partial charge on any atom is -0.478 e. The second-order valence-electron chi connectivity index (χ2n) is 2.61. The summed E-state index contributed by atoms with van der Waals surface area (Å²) in [6.07, 6.45) is 0. The van der Waals surface area contributed by atoms with Gasteiger partial charge < -0.3 is 10.8 Å². The van der Waals surface area contributed by atoms with Gasteiger partial charge in [0.25, 0.3) is 0 Å². The van der Waals surface area contributed by atoms with Gasteiger partial charge in [-0.15, -0.1) is 0 Å². The van der Waals surface area contributed by atoms with E-state index in [0.29, 0.717) is 0 Å². The number of carbonyl (C=O) groups is 1. The third-order valence-electron chi connectivity index (χ3n) is 1.49. The first-order valence-electron chi connectivity index (χ1n) is 3.68. The molecule has 3 N–H and O–H groups in total. The Morgan fingerprint density at radius 3 is 2.47 bits per heavy atom. The zero-order valence-electron chi connectivity index (χ0n) is 7.21. The van der Waals surface area contributed by atoms with Crippen molar-refractivity contribution in [3.8, 4) is 0 Å². The number of hydrogen-bond acceptors (Lipinski definition) is 3. The van der Waals surface area contributed by atoms with E-state index in [1.165, 1.54) is 0 Å². The lowest BCUT2D eigenvalue weighted by atomic mass is 10.2. The summed E-state index contributed by atoms with van der Waals surface area (Å²) in [6.45, 7) is 0. The number of nitrogens with two attached hydrogens (primary N) is 1. The van der Waals surface area contributed by atoms with Gasteiger partial charge in [-0.05, 0) is 30.0 Å². The summed E-state index contributed by atoms with van der Waals surface area (Å²) in [5, 5.41) is 8.57. The first-order valence-corrected chi connectivity index (χ1v) is 4.50. The highest BCUT2D eigenvalue weighted by Gasteiger charge is 2.30. The Bertz CT molecular complexity index is 392. The molecule has 1 rings (SSSR count). The molecule has 0 unspecified atom stereocenters. The van der Waals surface area contributed by atoms with E-state index in [-0.39, 0.29) is 16.1 Å². The molecule has 0 heterocycles. The van der Waals surface area contributed by atoms with Crippen LogP contribution in [0.3, 0.4) is 0 Å². The maximum atomic E-state index is 12.0. The number of anilines is 1.